The minimum Gasteiger partial charge on any atom is -0.496 e. The van der Waals surface area contributed by atoms with Gasteiger partial charge in [-0.3, -0.25) is 34.4 Å². The van der Waals surface area contributed by atoms with E-state index in [0.29, 0.717) is 80.2 Å². The number of nitrogens with zero attached hydrogens (tertiary/aromatic N) is 3. The van der Waals surface area contributed by atoms with E-state index in [1.165, 1.54) is 10.1 Å². The first-order valence-electron chi connectivity index (χ1n) is 17.9. The Morgan fingerprint density at radius 2 is 1.72 bits per heavy atom. The van der Waals surface area contributed by atoms with Gasteiger partial charge in [0.1, 0.15) is 23.1 Å². The number of aryl methyl sites for hydroxylation is 1. The van der Waals surface area contributed by atoms with Crippen molar-refractivity contribution in [1.82, 2.24) is 35.6 Å². The van der Waals surface area contributed by atoms with E-state index >= 15 is 0 Å². The number of likely N-dealkylation sites (tertiary alicyclic amines) is 1. The number of piperidine rings is 2. The minimum atomic E-state index is -0.418. The highest BCUT2D eigenvalue weighted by molar-refractivity contribution is 6.01. The number of carbonyl (C=O) groups is 4. The molecule has 15 nitrogen and oxygen atoms in total. The number of rotatable bonds is 14. The van der Waals surface area contributed by atoms with Crippen LogP contribution in [0.4, 0.5) is 5.69 Å². The molecule has 4 aromatic rings. The lowest BCUT2D eigenvalue weighted by atomic mass is 9.89. The molecule has 0 radical (unpaired) electrons. The van der Waals surface area contributed by atoms with Crippen LogP contribution in [0.5, 0.6) is 11.5 Å². The van der Waals surface area contributed by atoms with Crippen molar-refractivity contribution in [3.63, 3.8) is 0 Å². The van der Waals surface area contributed by atoms with Gasteiger partial charge in [-0.25, -0.2) is 0 Å². The molecule has 1 atom stereocenters. The first kappa shape index (κ1) is 37.1. The number of imide groups is 1. The smallest absolute Gasteiger partial charge is 0.276 e. The number of methoxy groups -OCH3 is 2. The lowest BCUT2D eigenvalue weighted by Gasteiger charge is -2.32. The van der Waals surface area contributed by atoms with E-state index in [4.69, 9.17) is 9.47 Å². The maximum Gasteiger partial charge on any atom is 0.276 e. The van der Waals surface area contributed by atoms with Crippen molar-refractivity contribution in [3.8, 4) is 22.6 Å². The predicted octanol–water partition coefficient (Wildman–Crippen LogP) is 2.56. The molecular formula is C38H46N8O7. The normalized spacial score (nSPS) is 16.4. The quantitative estimate of drug-likeness (QED) is 0.0955. The largest absolute Gasteiger partial charge is 0.496 e. The van der Waals surface area contributed by atoms with Crippen LogP contribution in [-0.2, 0) is 32.8 Å². The first-order chi connectivity index (χ1) is 25.6. The summed E-state index contributed by atoms with van der Waals surface area (Å²) in [6, 6.07) is 11.4. The molecule has 0 bridgehead atoms. The van der Waals surface area contributed by atoms with Crippen LogP contribution in [0.3, 0.4) is 0 Å². The first-order valence-corrected chi connectivity index (χ1v) is 17.9. The van der Waals surface area contributed by atoms with Crippen LogP contribution in [0.25, 0.3) is 22.0 Å². The van der Waals surface area contributed by atoms with Gasteiger partial charge in [0, 0.05) is 74.5 Å². The van der Waals surface area contributed by atoms with Crippen molar-refractivity contribution in [3.05, 3.63) is 70.3 Å². The molecule has 4 amide bonds. The lowest BCUT2D eigenvalue weighted by molar-refractivity contribution is -0.134. The monoisotopic (exact) mass is 726 g/mol. The molecule has 53 heavy (non-hydrogen) atoms. The van der Waals surface area contributed by atoms with Gasteiger partial charge in [-0.2, -0.15) is 5.10 Å². The fourth-order valence-electron chi connectivity index (χ4n) is 7.03. The molecule has 0 saturated carbocycles. The van der Waals surface area contributed by atoms with Gasteiger partial charge in [-0.05, 0) is 67.0 Å². The van der Waals surface area contributed by atoms with Gasteiger partial charge < -0.3 is 34.9 Å². The second-order valence-electron chi connectivity index (χ2n) is 13.5. The average molecular weight is 727 g/mol. The fourth-order valence-corrected chi connectivity index (χ4v) is 7.03. The third-order valence-corrected chi connectivity index (χ3v) is 9.99. The number of H-pyrrole nitrogens is 1. The zero-order chi connectivity index (χ0) is 37.5. The number of nitrogens with one attached hydrogen (secondary N) is 5. The molecular weight excluding hydrogens is 680 g/mol. The number of aromatic amines is 1. The minimum absolute atomic E-state index is 0.0694. The summed E-state index contributed by atoms with van der Waals surface area (Å²) in [6.45, 7) is 2.14. The Morgan fingerprint density at radius 3 is 2.40 bits per heavy atom. The van der Waals surface area contributed by atoms with Gasteiger partial charge in [0.2, 0.25) is 23.6 Å². The van der Waals surface area contributed by atoms with Crippen LogP contribution >= 0.6 is 0 Å². The van der Waals surface area contributed by atoms with Gasteiger partial charge in [0.25, 0.3) is 5.56 Å². The highest BCUT2D eigenvalue weighted by Crippen LogP contribution is 2.37. The summed E-state index contributed by atoms with van der Waals surface area (Å²) in [6.07, 6.45) is 6.82. The standard InChI is InChI=1S/C38H46N8O7/c1-45-22-29(27-20-41-44-36(27)38(45)51)25-17-31(52-2)28(32(18-25)53-3)19-39-21-34(48)40-14-4-5-35(49)46-15-12-24(13-16-46)23-6-8-26(9-7-23)42-30-10-11-33(47)43-37(30)50/h6-9,17-18,20,22,24,30,39,42H,4-5,10-16,19,21H2,1-3H3,(H,40,48)(H,41,44)(H,43,47,50). The van der Waals surface area contributed by atoms with Crippen molar-refractivity contribution in [2.24, 2.45) is 7.05 Å². The van der Waals surface area contributed by atoms with Crippen LogP contribution in [0.1, 0.15) is 55.6 Å². The molecule has 2 fully saturated rings. The molecule has 2 aromatic carbocycles. The third kappa shape index (κ3) is 8.68. The van der Waals surface area contributed by atoms with E-state index in [-0.39, 0.29) is 35.7 Å². The van der Waals surface area contributed by atoms with Gasteiger partial charge >= 0.3 is 0 Å². The molecule has 2 aliphatic rings. The topological polar surface area (TPSA) is 189 Å². The number of benzene rings is 2. The summed E-state index contributed by atoms with van der Waals surface area (Å²) in [5, 5.41) is 19.1. The Kier molecular flexibility index (Phi) is 11.7. The van der Waals surface area contributed by atoms with E-state index in [1.807, 2.05) is 29.2 Å². The molecule has 280 valence electrons. The maximum absolute atomic E-state index is 12.9. The Balaban J connectivity index is 0.909. The van der Waals surface area contributed by atoms with Crippen LogP contribution < -0.4 is 36.3 Å². The fraction of sp³-hybridized carbons (Fsp3) is 0.421. The second-order valence-corrected chi connectivity index (χ2v) is 13.5. The number of ether oxygens (including phenoxy) is 2. The van der Waals surface area contributed by atoms with Crippen LogP contribution in [0.15, 0.2) is 53.6 Å². The SMILES string of the molecule is COc1cc(-c2cn(C)c(=O)c3[nH]ncc23)cc(OC)c1CNCC(=O)NCCCC(=O)N1CCC(c2ccc(NC3CCC(=O)NC3=O)cc2)CC1. The second kappa shape index (κ2) is 16.8. The van der Waals surface area contributed by atoms with Gasteiger partial charge in [-0.1, -0.05) is 12.1 Å². The number of amides is 4. The van der Waals surface area contributed by atoms with E-state index in [1.54, 1.807) is 33.7 Å². The number of aromatic nitrogens is 3. The zero-order valence-corrected chi connectivity index (χ0v) is 30.3. The van der Waals surface area contributed by atoms with Crippen molar-refractivity contribution < 1.29 is 28.7 Å². The summed E-state index contributed by atoms with van der Waals surface area (Å²) in [7, 11) is 4.82. The van der Waals surface area contributed by atoms with Crippen molar-refractivity contribution >= 4 is 40.2 Å². The van der Waals surface area contributed by atoms with Crippen LogP contribution in [0, 0.1) is 0 Å². The highest BCUT2D eigenvalue weighted by atomic mass is 16.5. The average Bonchev–Trinajstić information content (AvgIpc) is 3.67. The van der Waals surface area contributed by atoms with Gasteiger partial charge in [0.05, 0.1) is 27.0 Å². The molecule has 4 heterocycles. The summed E-state index contributed by atoms with van der Waals surface area (Å²) in [5.41, 5.74) is 4.59. The Morgan fingerprint density at radius 1 is 1.00 bits per heavy atom. The lowest BCUT2D eigenvalue weighted by Crippen LogP contribution is -2.47. The number of pyridine rings is 1. The third-order valence-electron chi connectivity index (χ3n) is 9.99. The van der Waals surface area contributed by atoms with E-state index in [2.05, 4.69) is 43.6 Å². The van der Waals surface area contributed by atoms with Crippen molar-refractivity contribution in [2.75, 3.05) is 45.7 Å². The predicted molar refractivity (Wildman–Crippen MR) is 199 cm³/mol. The van der Waals surface area contributed by atoms with Crippen molar-refractivity contribution in [2.45, 2.75) is 57.0 Å². The van der Waals surface area contributed by atoms with E-state index in [9.17, 15) is 24.0 Å². The maximum atomic E-state index is 12.9. The van der Waals surface area contributed by atoms with Crippen LogP contribution in [0.2, 0.25) is 0 Å². The van der Waals surface area contributed by atoms with E-state index < -0.39 is 6.04 Å². The number of hydrogen-bond donors (Lipinski definition) is 5. The summed E-state index contributed by atoms with van der Waals surface area (Å²) in [5.74, 6) is 0.864. The Bertz CT molecular complexity index is 2010. The molecule has 0 spiro atoms. The molecule has 2 aliphatic heterocycles. The Labute approximate surface area is 306 Å². The Hall–Kier alpha value is -5.70. The molecule has 6 rings (SSSR count). The molecule has 5 N–H and O–H groups in total. The molecule has 0 aliphatic carbocycles. The number of fused-ring (bicyclic) bond motifs is 1. The van der Waals surface area contributed by atoms with Crippen LogP contribution in [-0.4, -0.2) is 89.7 Å². The van der Waals surface area contributed by atoms with Gasteiger partial charge in [-0.15, -0.1) is 0 Å². The van der Waals surface area contributed by atoms with Gasteiger partial charge in [0.15, 0.2) is 0 Å². The highest BCUT2D eigenvalue weighted by Gasteiger charge is 2.27. The molecule has 2 aromatic heterocycles. The number of anilines is 1. The summed E-state index contributed by atoms with van der Waals surface area (Å²) >= 11 is 0. The van der Waals surface area contributed by atoms with E-state index in [0.717, 1.165) is 35.2 Å². The molecule has 15 heteroatoms. The summed E-state index contributed by atoms with van der Waals surface area (Å²) < 4.78 is 12.9. The van der Waals surface area contributed by atoms with Crippen molar-refractivity contribution in [1.29, 1.82) is 0 Å². The number of carbonyl (C=O) groups excluding carboxylic acids is 4. The molecule has 2 saturated heterocycles. The number of hydrogen-bond acceptors (Lipinski definition) is 10. The zero-order valence-electron chi connectivity index (χ0n) is 30.3. The molecule has 1 unspecified atom stereocenters. The summed E-state index contributed by atoms with van der Waals surface area (Å²) in [4.78, 5) is 63.4.